The van der Waals surface area contributed by atoms with Crippen LogP contribution in [0.1, 0.15) is 53.5 Å². The lowest BCUT2D eigenvalue weighted by Crippen LogP contribution is -2.35. The van der Waals surface area contributed by atoms with Crippen molar-refractivity contribution in [1.82, 2.24) is 31.2 Å². The fourth-order valence-corrected chi connectivity index (χ4v) is 7.97. The monoisotopic (exact) mass is 867 g/mol. The molecule has 3 aromatic carbocycles. The van der Waals surface area contributed by atoms with Gasteiger partial charge in [-0.05, 0) is 52.0 Å². The molecule has 11 nitrogen and oxygen atoms in total. The zero-order chi connectivity index (χ0) is 39.7. The minimum Gasteiger partial charge on any atom is -0.472 e. The van der Waals surface area contributed by atoms with Gasteiger partial charge in [0, 0.05) is 96.9 Å². The van der Waals surface area contributed by atoms with Gasteiger partial charge in [0.2, 0.25) is 23.6 Å². The average Bonchev–Trinajstić information content (AvgIpc) is 3.84. The van der Waals surface area contributed by atoms with Crippen LogP contribution in [0.4, 0.5) is 0 Å². The third-order valence-electron chi connectivity index (χ3n) is 9.88. The molecule has 2 aromatic heterocycles. The molecule has 2 aliphatic rings. The molecule has 2 amide bonds. The molecule has 2 fully saturated rings. The van der Waals surface area contributed by atoms with Crippen LogP contribution in [0.25, 0.3) is 22.3 Å². The standard InChI is InChI=1S/C43H40BrCl2N7O4/c44-37-16-31(21-50-23-33-12-14-39(55)52-33)42(56-24-28-15-27(17-47)19-48-20-28)53-43(37)57-25-30-3-1-5-35(40(30)45)36-6-2-4-34(41(36)46)29-9-7-26(8-10-29)18-49-22-32-11-13-38(54)51-32/h1-10,15-16,19-20,32-33,49-50H,11-14,18,21-25H2,(H,51,54)(H,52,55)/t32-,33-/m0/s1. The molecule has 0 aliphatic carbocycles. The molecule has 4 N–H and O–H groups in total. The summed E-state index contributed by atoms with van der Waals surface area (Å²) in [4.78, 5) is 32.1. The summed E-state index contributed by atoms with van der Waals surface area (Å²) in [5, 5.41) is 23.2. The SMILES string of the molecule is N#Cc1cncc(COc2nc(OCc3cccc(-c4cccc(-c5ccc(CNC[C@@H]6CCC(=O)N6)cc5)c4Cl)c3Cl)c(Br)cc2CNC[C@@H]2CCC(=O)N2)c1. The molecular weight excluding hydrogens is 829 g/mol. The highest BCUT2D eigenvalue weighted by Gasteiger charge is 2.22. The first kappa shape index (κ1) is 40.2. The Morgan fingerprint density at radius 2 is 1.40 bits per heavy atom. The summed E-state index contributed by atoms with van der Waals surface area (Å²) < 4.78 is 13.1. The van der Waals surface area contributed by atoms with Crippen LogP contribution in [-0.4, -0.2) is 47.0 Å². The van der Waals surface area contributed by atoms with Crippen LogP contribution in [0.2, 0.25) is 10.0 Å². The van der Waals surface area contributed by atoms with Crippen molar-refractivity contribution in [3.8, 4) is 40.1 Å². The molecule has 0 saturated carbocycles. The number of halogens is 3. The molecule has 2 atom stereocenters. The summed E-state index contributed by atoms with van der Waals surface area (Å²) in [6, 6.07) is 25.9. The number of benzene rings is 3. The van der Waals surface area contributed by atoms with Crippen LogP contribution >= 0.6 is 39.1 Å². The van der Waals surface area contributed by atoms with Gasteiger partial charge in [-0.3, -0.25) is 14.6 Å². The Bertz CT molecular complexity index is 2300. The average molecular weight is 870 g/mol. The number of aromatic nitrogens is 2. The number of ether oxygens (including phenoxy) is 2. The predicted molar refractivity (Wildman–Crippen MR) is 223 cm³/mol. The van der Waals surface area contributed by atoms with Crippen molar-refractivity contribution in [2.45, 2.75) is 64.1 Å². The molecule has 4 heterocycles. The number of pyridine rings is 2. The Morgan fingerprint density at radius 3 is 2.09 bits per heavy atom. The van der Waals surface area contributed by atoms with Crippen molar-refractivity contribution in [3.05, 3.63) is 128 Å². The lowest BCUT2D eigenvalue weighted by molar-refractivity contribution is -0.120. The molecule has 0 radical (unpaired) electrons. The fourth-order valence-electron chi connectivity index (χ4n) is 6.87. The number of amides is 2. The fraction of sp³-hybridized carbons (Fsp3) is 0.279. The number of carbonyl (C=O) groups excluding carboxylic acids is 2. The molecule has 0 bridgehead atoms. The number of carbonyl (C=O) groups is 2. The molecule has 292 valence electrons. The summed E-state index contributed by atoms with van der Waals surface area (Å²) in [5.41, 5.74) is 7.24. The van der Waals surface area contributed by atoms with Crippen molar-refractivity contribution in [2.75, 3.05) is 13.1 Å². The van der Waals surface area contributed by atoms with E-state index < -0.39 is 0 Å². The Labute approximate surface area is 349 Å². The van der Waals surface area contributed by atoms with E-state index in [2.05, 4.69) is 72.5 Å². The maximum atomic E-state index is 11.7. The van der Waals surface area contributed by atoms with E-state index in [9.17, 15) is 14.9 Å². The summed E-state index contributed by atoms with van der Waals surface area (Å²) in [6.07, 6.45) is 5.91. The maximum Gasteiger partial charge on any atom is 0.231 e. The highest BCUT2D eigenvalue weighted by atomic mass is 79.9. The third-order valence-corrected chi connectivity index (χ3v) is 11.3. The molecule has 7 rings (SSSR count). The predicted octanol–water partition coefficient (Wildman–Crippen LogP) is 7.65. The quantitative estimate of drug-likeness (QED) is 0.0785. The molecular formula is C43H40BrCl2N7O4. The minimum atomic E-state index is 0.0621. The zero-order valence-corrected chi connectivity index (χ0v) is 34.0. The first-order valence-electron chi connectivity index (χ1n) is 18.7. The van der Waals surface area contributed by atoms with Gasteiger partial charge in [0.15, 0.2) is 0 Å². The Kier molecular flexibility index (Phi) is 13.4. The molecule has 2 saturated heterocycles. The highest BCUT2D eigenvalue weighted by molar-refractivity contribution is 9.10. The van der Waals surface area contributed by atoms with E-state index in [1.807, 2.05) is 42.5 Å². The van der Waals surface area contributed by atoms with Gasteiger partial charge >= 0.3 is 0 Å². The van der Waals surface area contributed by atoms with Crippen LogP contribution in [0.15, 0.2) is 89.7 Å². The molecule has 0 unspecified atom stereocenters. The van der Waals surface area contributed by atoms with Gasteiger partial charge in [0.1, 0.15) is 19.3 Å². The van der Waals surface area contributed by atoms with Crippen LogP contribution in [0.5, 0.6) is 11.8 Å². The molecule has 2 aliphatic heterocycles. The van der Waals surface area contributed by atoms with Gasteiger partial charge in [0.05, 0.1) is 20.1 Å². The van der Waals surface area contributed by atoms with Gasteiger partial charge < -0.3 is 30.7 Å². The van der Waals surface area contributed by atoms with E-state index >= 15 is 0 Å². The van der Waals surface area contributed by atoms with Gasteiger partial charge in [-0.1, -0.05) is 83.9 Å². The van der Waals surface area contributed by atoms with Gasteiger partial charge in [-0.25, -0.2) is 0 Å². The summed E-state index contributed by atoms with van der Waals surface area (Å²) >= 11 is 17.8. The highest BCUT2D eigenvalue weighted by Crippen LogP contribution is 2.40. The minimum absolute atomic E-state index is 0.0621. The van der Waals surface area contributed by atoms with Crippen LogP contribution in [0, 0.1) is 11.3 Å². The smallest absolute Gasteiger partial charge is 0.231 e. The van der Waals surface area contributed by atoms with E-state index in [0.717, 1.165) is 63.9 Å². The van der Waals surface area contributed by atoms with E-state index in [1.54, 1.807) is 12.3 Å². The van der Waals surface area contributed by atoms with E-state index in [1.165, 1.54) is 6.20 Å². The van der Waals surface area contributed by atoms with Crippen LogP contribution in [0.3, 0.4) is 0 Å². The Hall–Kier alpha value is -5.03. The van der Waals surface area contributed by atoms with Gasteiger partial charge in [-0.2, -0.15) is 10.2 Å². The number of hydrogen-bond acceptors (Lipinski definition) is 9. The summed E-state index contributed by atoms with van der Waals surface area (Å²) in [6.45, 7) is 2.73. The first-order valence-corrected chi connectivity index (χ1v) is 20.2. The maximum absolute atomic E-state index is 11.7. The first-order chi connectivity index (χ1) is 27.7. The molecule has 14 heteroatoms. The normalized spacial score (nSPS) is 16.2. The van der Waals surface area contributed by atoms with Crippen molar-refractivity contribution in [1.29, 1.82) is 5.26 Å². The zero-order valence-electron chi connectivity index (χ0n) is 30.9. The number of nitrogens with one attached hydrogen (secondary N) is 4. The number of nitriles is 1. The van der Waals surface area contributed by atoms with Gasteiger partial charge in [0.25, 0.3) is 0 Å². The topological polar surface area (TPSA) is 150 Å². The second-order valence-corrected chi connectivity index (χ2v) is 15.6. The van der Waals surface area contributed by atoms with Gasteiger partial charge in [-0.15, -0.1) is 0 Å². The second-order valence-electron chi connectivity index (χ2n) is 14.0. The largest absolute Gasteiger partial charge is 0.472 e. The lowest BCUT2D eigenvalue weighted by Gasteiger charge is -2.17. The van der Waals surface area contributed by atoms with Crippen molar-refractivity contribution < 1.29 is 19.1 Å². The summed E-state index contributed by atoms with van der Waals surface area (Å²) in [5.74, 6) is 0.844. The number of hydrogen-bond donors (Lipinski definition) is 4. The van der Waals surface area contributed by atoms with Crippen LogP contribution in [-0.2, 0) is 35.9 Å². The lowest BCUT2D eigenvalue weighted by atomic mass is 9.97. The number of nitrogens with zero attached hydrogens (tertiary/aromatic N) is 3. The van der Waals surface area contributed by atoms with E-state index in [-0.39, 0.29) is 37.1 Å². The molecule has 5 aromatic rings. The second kappa shape index (κ2) is 18.9. The Balaban J connectivity index is 1.05. The summed E-state index contributed by atoms with van der Waals surface area (Å²) in [7, 11) is 0. The molecule has 57 heavy (non-hydrogen) atoms. The van der Waals surface area contributed by atoms with E-state index in [4.69, 9.17) is 37.7 Å². The molecule has 0 spiro atoms. The van der Waals surface area contributed by atoms with Crippen molar-refractivity contribution in [3.63, 3.8) is 0 Å². The Morgan fingerprint density at radius 1 is 0.754 bits per heavy atom. The van der Waals surface area contributed by atoms with E-state index in [0.29, 0.717) is 64.3 Å². The third kappa shape index (κ3) is 10.3. The van der Waals surface area contributed by atoms with Crippen molar-refractivity contribution >= 4 is 50.9 Å². The van der Waals surface area contributed by atoms with Crippen LogP contribution < -0.4 is 30.7 Å². The number of rotatable bonds is 16. The van der Waals surface area contributed by atoms with Crippen molar-refractivity contribution in [2.24, 2.45) is 0 Å².